The molecule has 5 heteroatoms. The van der Waals surface area contributed by atoms with Crippen LogP contribution in [-0.2, 0) is 11.3 Å². The molecule has 1 fully saturated rings. The zero-order chi connectivity index (χ0) is 18.1. The largest absolute Gasteiger partial charge is 0.357 e. The molecule has 0 aliphatic carbocycles. The van der Waals surface area contributed by atoms with Crippen LogP contribution in [0.1, 0.15) is 28.0 Å². The average molecular weight is 347 g/mol. The lowest BCUT2D eigenvalue weighted by Crippen LogP contribution is -2.37. The molecule has 4 rings (SSSR count). The van der Waals surface area contributed by atoms with Gasteiger partial charge in [0.25, 0.3) is 5.91 Å². The summed E-state index contributed by atoms with van der Waals surface area (Å²) < 4.78 is 0. The number of aryl methyl sites for hydroxylation is 1. The van der Waals surface area contributed by atoms with E-state index in [4.69, 9.17) is 0 Å². The Morgan fingerprint density at radius 2 is 2.04 bits per heavy atom. The number of hydrogen-bond donors (Lipinski definition) is 2. The maximum absolute atomic E-state index is 12.4. The monoisotopic (exact) mass is 347 g/mol. The number of benzene rings is 2. The molecule has 2 heterocycles. The molecule has 2 N–H and O–H groups in total. The average Bonchev–Trinajstić information content (AvgIpc) is 3.21. The number of likely N-dealkylation sites (tertiary alicyclic amines) is 1. The van der Waals surface area contributed by atoms with E-state index < -0.39 is 0 Å². The third-order valence-electron chi connectivity index (χ3n) is 4.86. The molecule has 0 spiro atoms. The molecule has 1 aliphatic heterocycles. The molecule has 1 saturated heterocycles. The lowest BCUT2D eigenvalue weighted by atomic mass is 10.0. The highest BCUT2D eigenvalue weighted by molar-refractivity contribution is 5.93. The molecule has 0 radical (unpaired) electrons. The van der Waals surface area contributed by atoms with Crippen LogP contribution in [0.15, 0.2) is 54.7 Å². The topological polar surface area (TPSA) is 65.2 Å². The molecule has 3 aromatic rings. The summed E-state index contributed by atoms with van der Waals surface area (Å²) in [6.07, 6.45) is 2.14. The van der Waals surface area contributed by atoms with Crippen LogP contribution in [0.5, 0.6) is 0 Å². The van der Waals surface area contributed by atoms with Crippen molar-refractivity contribution in [1.29, 1.82) is 0 Å². The number of aromatic amines is 1. The van der Waals surface area contributed by atoms with Crippen LogP contribution in [0, 0.1) is 6.92 Å². The summed E-state index contributed by atoms with van der Waals surface area (Å²) in [7, 11) is 0. The van der Waals surface area contributed by atoms with E-state index >= 15 is 0 Å². The van der Waals surface area contributed by atoms with Crippen molar-refractivity contribution in [1.82, 2.24) is 15.2 Å². The molecule has 1 aliphatic rings. The highest BCUT2D eigenvalue weighted by atomic mass is 16.2. The summed E-state index contributed by atoms with van der Waals surface area (Å²) in [5.74, 6) is -0.0891. The fourth-order valence-corrected chi connectivity index (χ4v) is 3.55. The van der Waals surface area contributed by atoms with Gasteiger partial charge in [0.15, 0.2) is 0 Å². The van der Waals surface area contributed by atoms with Crippen LogP contribution in [0.2, 0.25) is 0 Å². The molecule has 1 atom stereocenters. The van der Waals surface area contributed by atoms with Crippen molar-refractivity contribution < 1.29 is 9.59 Å². The van der Waals surface area contributed by atoms with Crippen molar-refractivity contribution in [3.63, 3.8) is 0 Å². The van der Waals surface area contributed by atoms with Gasteiger partial charge in [-0.2, -0.15) is 0 Å². The molecule has 2 aromatic carbocycles. The fourth-order valence-electron chi connectivity index (χ4n) is 3.55. The molecule has 0 bridgehead atoms. The Morgan fingerprint density at radius 3 is 2.85 bits per heavy atom. The van der Waals surface area contributed by atoms with E-state index in [2.05, 4.69) is 34.6 Å². The first-order valence-corrected chi connectivity index (χ1v) is 8.80. The highest BCUT2D eigenvalue weighted by Gasteiger charge is 2.31. The van der Waals surface area contributed by atoms with Gasteiger partial charge >= 0.3 is 0 Å². The Labute approximate surface area is 152 Å². The second-order valence-electron chi connectivity index (χ2n) is 6.88. The standard InChI is InChI=1S/C21H21N3O2/c1-14-9-19(22-11-14)21(26)23-17-10-20(25)24(13-17)12-16-7-4-6-15-5-2-3-8-18(15)16/h2-9,11,17,22H,10,12-13H2,1H3,(H,23,26). The first-order chi connectivity index (χ1) is 12.6. The molecule has 1 aromatic heterocycles. The molecule has 1 unspecified atom stereocenters. The summed E-state index contributed by atoms with van der Waals surface area (Å²) in [5, 5.41) is 5.29. The maximum atomic E-state index is 12.4. The van der Waals surface area contributed by atoms with E-state index in [1.54, 1.807) is 12.3 Å². The van der Waals surface area contributed by atoms with Crippen LogP contribution < -0.4 is 5.32 Å². The molecule has 26 heavy (non-hydrogen) atoms. The number of fused-ring (bicyclic) bond motifs is 1. The summed E-state index contributed by atoms with van der Waals surface area (Å²) in [6, 6.07) is 16.0. The smallest absolute Gasteiger partial charge is 0.267 e. The second kappa shape index (κ2) is 6.67. The Bertz CT molecular complexity index is 971. The molecule has 0 saturated carbocycles. The first kappa shape index (κ1) is 16.4. The number of nitrogens with zero attached hydrogens (tertiary/aromatic N) is 1. The third-order valence-corrected chi connectivity index (χ3v) is 4.86. The Kier molecular flexibility index (Phi) is 4.21. The summed E-state index contributed by atoms with van der Waals surface area (Å²) in [4.78, 5) is 29.5. The van der Waals surface area contributed by atoms with E-state index in [-0.39, 0.29) is 17.9 Å². The van der Waals surface area contributed by atoms with Crippen molar-refractivity contribution >= 4 is 22.6 Å². The normalized spacial score (nSPS) is 17.0. The number of hydrogen-bond acceptors (Lipinski definition) is 2. The van der Waals surface area contributed by atoms with Gasteiger partial charge in [-0.1, -0.05) is 42.5 Å². The predicted molar refractivity (Wildman–Crippen MR) is 101 cm³/mol. The molecule has 2 amide bonds. The van der Waals surface area contributed by atoms with E-state index in [0.29, 0.717) is 25.2 Å². The first-order valence-electron chi connectivity index (χ1n) is 8.80. The van der Waals surface area contributed by atoms with Crippen molar-refractivity contribution in [2.45, 2.75) is 25.9 Å². The predicted octanol–water partition coefficient (Wildman–Crippen LogP) is 3.01. The van der Waals surface area contributed by atoms with Crippen LogP contribution in [0.3, 0.4) is 0 Å². The lowest BCUT2D eigenvalue weighted by Gasteiger charge is -2.18. The van der Waals surface area contributed by atoms with Gasteiger partial charge in [-0.25, -0.2) is 0 Å². The van der Waals surface area contributed by atoms with Gasteiger partial charge in [0, 0.05) is 25.7 Å². The fraction of sp³-hybridized carbons (Fsp3) is 0.238. The summed E-state index contributed by atoms with van der Waals surface area (Å²) >= 11 is 0. The number of carbonyl (C=O) groups excluding carboxylic acids is 2. The van der Waals surface area contributed by atoms with Gasteiger partial charge < -0.3 is 15.2 Å². The number of rotatable bonds is 4. The maximum Gasteiger partial charge on any atom is 0.267 e. The number of nitrogens with one attached hydrogen (secondary N) is 2. The molecular formula is C21H21N3O2. The number of carbonyl (C=O) groups is 2. The molecule has 132 valence electrons. The number of amides is 2. The minimum absolute atomic E-state index is 0.0749. The second-order valence-corrected chi connectivity index (χ2v) is 6.88. The number of H-pyrrole nitrogens is 1. The number of aromatic nitrogens is 1. The zero-order valence-electron chi connectivity index (χ0n) is 14.7. The van der Waals surface area contributed by atoms with Gasteiger partial charge in [0.2, 0.25) is 5.91 Å². The van der Waals surface area contributed by atoms with Crippen LogP contribution >= 0.6 is 0 Å². The SMILES string of the molecule is Cc1c[nH]c(C(=O)NC2CC(=O)N(Cc3cccc4ccccc34)C2)c1. The van der Waals surface area contributed by atoms with Crippen LogP contribution in [0.25, 0.3) is 10.8 Å². The minimum atomic E-state index is -0.164. The molecular weight excluding hydrogens is 326 g/mol. The Balaban J connectivity index is 1.45. The summed E-state index contributed by atoms with van der Waals surface area (Å²) in [6.45, 7) is 3.03. The summed E-state index contributed by atoms with van der Waals surface area (Å²) in [5.41, 5.74) is 2.67. The zero-order valence-corrected chi connectivity index (χ0v) is 14.7. The van der Waals surface area contributed by atoms with Gasteiger partial charge in [0.1, 0.15) is 5.69 Å². The highest BCUT2D eigenvalue weighted by Crippen LogP contribution is 2.22. The van der Waals surface area contributed by atoms with Crippen molar-refractivity contribution in [3.05, 3.63) is 71.5 Å². The van der Waals surface area contributed by atoms with Crippen molar-refractivity contribution in [2.24, 2.45) is 0 Å². The van der Waals surface area contributed by atoms with Gasteiger partial charge in [0.05, 0.1) is 6.04 Å². The Morgan fingerprint density at radius 1 is 1.23 bits per heavy atom. The van der Waals surface area contributed by atoms with E-state index in [1.807, 2.05) is 30.0 Å². The minimum Gasteiger partial charge on any atom is -0.357 e. The quantitative estimate of drug-likeness (QED) is 0.762. The van der Waals surface area contributed by atoms with Crippen molar-refractivity contribution in [3.8, 4) is 0 Å². The molecule has 5 nitrogen and oxygen atoms in total. The van der Waals surface area contributed by atoms with Crippen molar-refractivity contribution in [2.75, 3.05) is 6.54 Å². The Hall–Kier alpha value is -3.08. The van der Waals surface area contributed by atoms with Crippen LogP contribution in [0.4, 0.5) is 0 Å². The van der Waals surface area contributed by atoms with E-state index in [1.165, 1.54) is 5.39 Å². The van der Waals surface area contributed by atoms with Gasteiger partial charge in [-0.05, 0) is 34.9 Å². The lowest BCUT2D eigenvalue weighted by molar-refractivity contribution is -0.128. The van der Waals surface area contributed by atoms with Gasteiger partial charge in [-0.15, -0.1) is 0 Å². The van der Waals surface area contributed by atoms with Gasteiger partial charge in [-0.3, -0.25) is 9.59 Å². The third kappa shape index (κ3) is 3.20. The van der Waals surface area contributed by atoms with E-state index in [9.17, 15) is 9.59 Å². The van der Waals surface area contributed by atoms with Crippen LogP contribution in [-0.4, -0.2) is 34.3 Å². The van der Waals surface area contributed by atoms with E-state index in [0.717, 1.165) is 16.5 Å².